The van der Waals surface area contributed by atoms with Crippen LogP contribution in [0, 0.1) is 0 Å². The van der Waals surface area contributed by atoms with Crippen LogP contribution in [0.1, 0.15) is 0 Å². The first-order chi connectivity index (χ1) is 29.2. The summed E-state index contributed by atoms with van der Waals surface area (Å²) in [5.74, 6) is 1.73. The van der Waals surface area contributed by atoms with Crippen molar-refractivity contribution in [3.8, 4) is 45.3 Å². The number of benzene rings is 9. The Hall–Kier alpha value is -8.09. The average Bonchev–Trinajstić information content (AvgIpc) is 3.99. The summed E-state index contributed by atoms with van der Waals surface area (Å²) in [5.41, 5.74) is 9.76. The van der Waals surface area contributed by atoms with Crippen LogP contribution in [-0.2, 0) is 0 Å². The third-order valence-electron chi connectivity index (χ3n) is 11.7. The molecule has 0 fully saturated rings. The molecular formula is C53H29N3O3. The monoisotopic (exact) mass is 755 g/mol. The SMILES string of the molecule is c1ccc2cc(-c3nc(-c4cc5c6ccccc6oc5c5ccccc45)nc(-c4cccc5oc6cc(-c7cccc8oc9ccccc9c78)ccc6c45)n3)ccc2c1. The highest BCUT2D eigenvalue weighted by atomic mass is 16.3. The van der Waals surface area contributed by atoms with E-state index >= 15 is 0 Å². The molecule has 0 bridgehead atoms. The van der Waals surface area contributed by atoms with Crippen molar-refractivity contribution in [1.29, 1.82) is 0 Å². The molecule has 0 saturated carbocycles. The van der Waals surface area contributed by atoms with Crippen molar-refractivity contribution in [2.75, 3.05) is 0 Å². The van der Waals surface area contributed by atoms with Crippen molar-refractivity contribution >= 4 is 87.4 Å². The van der Waals surface area contributed by atoms with Gasteiger partial charge in [0.1, 0.15) is 33.5 Å². The highest BCUT2D eigenvalue weighted by Gasteiger charge is 2.22. The Kier molecular flexibility index (Phi) is 6.63. The normalized spacial score (nSPS) is 12.1. The molecule has 0 atom stereocenters. The highest BCUT2D eigenvalue weighted by molar-refractivity contribution is 6.19. The first-order valence-electron chi connectivity index (χ1n) is 19.7. The van der Waals surface area contributed by atoms with Gasteiger partial charge in [-0.05, 0) is 75.8 Å². The van der Waals surface area contributed by atoms with Gasteiger partial charge in [-0.2, -0.15) is 0 Å². The van der Waals surface area contributed by atoms with Crippen LogP contribution in [0.5, 0.6) is 0 Å². The molecule has 6 nitrogen and oxygen atoms in total. The molecule has 0 radical (unpaired) electrons. The van der Waals surface area contributed by atoms with Gasteiger partial charge in [0.05, 0.1) is 0 Å². The van der Waals surface area contributed by atoms with Gasteiger partial charge in [0, 0.05) is 54.4 Å². The Morgan fingerprint density at radius 3 is 1.69 bits per heavy atom. The second-order valence-corrected chi connectivity index (χ2v) is 15.1. The smallest absolute Gasteiger partial charge is 0.164 e. The summed E-state index contributed by atoms with van der Waals surface area (Å²) in [6.07, 6.45) is 0. The van der Waals surface area contributed by atoms with Crippen molar-refractivity contribution in [1.82, 2.24) is 15.0 Å². The molecule has 0 aliphatic rings. The summed E-state index contributed by atoms with van der Waals surface area (Å²) in [7, 11) is 0. The van der Waals surface area contributed by atoms with Crippen LogP contribution in [0.25, 0.3) is 133 Å². The van der Waals surface area contributed by atoms with Gasteiger partial charge < -0.3 is 13.3 Å². The third-order valence-corrected chi connectivity index (χ3v) is 11.7. The molecule has 274 valence electrons. The first kappa shape index (κ1) is 32.0. The summed E-state index contributed by atoms with van der Waals surface area (Å²) in [4.78, 5) is 15.9. The van der Waals surface area contributed by atoms with Gasteiger partial charge in [0.15, 0.2) is 17.5 Å². The van der Waals surface area contributed by atoms with E-state index in [1.54, 1.807) is 0 Å². The topological polar surface area (TPSA) is 78.1 Å². The zero-order valence-corrected chi connectivity index (χ0v) is 31.3. The first-order valence-corrected chi connectivity index (χ1v) is 19.7. The lowest BCUT2D eigenvalue weighted by Gasteiger charge is -2.12. The lowest BCUT2D eigenvalue weighted by Crippen LogP contribution is -2.01. The van der Waals surface area contributed by atoms with E-state index in [0.29, 0.717) is 17.5 Å². The van der Waals surface area contributed by atoms with Crippen molar-refractivity contribution in [2.45, 2.75) is 0 Å². The number of fused-ring (bicyclic) bond motifs is 12. The van der Waals surface area contributed by atoms with Crippen LogP contribution in [0.15, 0.2) is 189 Å². The molecule has 0 aliphatic heterocycles. The number of rotatable bonds is 4. The average molecular weight is 756 g/mol. The number of hydrogen-bond acceptors (Lipinski definition) is 6. The van der Waals surface area contributed by atoms with Gasteiger partial charge in [-0.15, -0.1) is 0 Å². The maximum absolute atomic E-state index is 6.67. The minimum Gasteiger partial charge on any atom is -0.456 e. The summed E-state index contributed by atoms with van der Waals surface area (Å²) in [5, 5.41) is 10.4. The zero-order valence-electron chi connectivity index (χ0n) is 31.3. The van der Waals surface area contributed by atoms with Crippen LogP contribution < -0.4 is 0 Å². The maximum Gasteiger partial charge on any atom is 0.164 e. The lowest BCUT2D eigenvalue weighted by atomic mass is 9.97. The lowest BCUT2D eigenvalue weighted by molar-refractivity contribution is 0.668. The van der Waals surface area contributed by atoms with E-state index in [2.05, 4.69) is 115 Å². The van der Waals surface area contributed by atoms with Crippen molar-refractivity contribution in [3.05, 3.63) is 176 Å². The molecule has 0 unspecified atom stereocenters. The minimum absolute atomic E-state index is 0.561. The molecule has 0 saturated heterocycles. The molecule has 13 rings (SSSR count). The van der Waals surface area contributed by atoms with Crippen LogP contribution in [-0.4, -0.2) is 15.0 Å². The summed E-state index contributed by atoms with van der Waals surface area (Å²) in [6.45, 7) is 0. The quantitative estimate of drug-likeness (QED) is 0.178. The molecule has 59 heavy (non-hydrogen) atoms. The minimum atomic E-state index is 0.561. The summed E-state index contributed by atoms with van der Waals surface area (Å²) >= 11 is 0. The number of para-hydroxylation sites is 2. The standard InChI is InChI=1S/C53H29N3O3/c1-2-12-31-27-33(24-23-30(31)11-1)51-54-52(56-53(55-51)42-29-41-36-14-5-7-19-43(36)59-50(41)37-15-4-3-13-35(37)42)40-18-10-22-46-49(40)39-26-25-32(28-47(39)58-46)34-17-9-21-45-48(34)38-16-6-8-20-44(38)57-45/h1-29H. The fourth-order valence-corrected chi connectivity index (χ4v) is 9.00. The molecule has 0 spiro atoms. The van der Waals surface area contributed by atoms with Gasteiger partial charge >= 0.3 is 0 Å². The highest BCUT2D eigenvalue weighted by Crippen LogP contribution is 2.43. The Balaban J connectivity index is 1.05. The zero-order chi connectivity index (χ0) is 38.6. The third kappa shape index (κ3) is 4.84. The van der Waals surface area contributed by atoms with Gasteiger partial charge in [-0.25, -0.2) is 15.0 Å². The molecule has 4 heterocycles. The van der Waals surface area contributed by atoms with Gasteiger partial charge in [0.2, 0.25) is 0 Å². The van der Waals surface area contributed by atoms with Gasteiger partial charge in [0.25, 0.3) is 0 Å². The van der Waals surface area contributed by atoms with E-state index in [-0.39, 0.29) is 0 Å². The van der Waals surface area contributed by atoms with E-state index in [1.165, 1.54) is 0 Å². The molecule has 0 amide bonds. The predicted octanol–water partition coefficient (Wildman–Crippen LogP) is 14.5. The van der Waals surface area contributed by atoms with E-state index in [1.807, 2.05) is 60.7 Å². The van der Waals surface area contributed by atoms with Crippen molar-refractivity contribution in [2.24, 2.45) is 0 Å². The number of hydrogen-bond donors (Lipinski definition) is 0. The van der Waals surface area contributed by atoms with Crippen LogP contribution in [0.2, 0.25) is 0 Å². The molecular weight excluding hydrogens is 727 g/mol. The fraction of sp³-hybridized carbons (Fsp3) is 0. The molecule has 6 heteroatoms. The Morgan fingerprint density at radius 2 is 0.864 bits per heavy atom. The fourth-order valence-electron chi connectivity index (χ4n) is 9.00. The number of nitrogens with zero attached hydrogens (tertiary/aromatic N) is 3. The molecule has 13 aromatic rings. The van der Waals surface area contributed by atoms with Crippen LogP contribution in [0.3, 0.4) is 0 Å². The Labute approximate surface area is 335 Å². The van der Waals surface area contributed by atoms with Gasteiger partial charge in [-0.1, -0.05) is 127 Å². The van der Waals surface area contributed by atoms with Crippen LogP contribution >= 0.6 is 0 Å². The summed E-state index contributed by atoms with van der Waals surface area (Å²) < 4.78 is 19.4. The molecule has 0 N–H and O–H groups in total. The Morgan fingerprint density at radius 1 is 0.288 bits per heavy atom. The van der Waals surface area contributed by atoms with E-state index in [9.17, 15) is 0 Å². The molecule has 9 aromatic carbocycles. The van der Waals surface area contributed by atoms with Crippen molar-refractivity contribution < 1.29 is 13.3 Å². The van der Waals surface area contributed by atoms with Crippen molar-refractivity contribution in [3.63, 3.8) is 0 Å². The Bertz CT molecular complexity index is 3870. The largest absolute Gasteiger partial charge is 0.456 e. The summed E-state index contributed by atoms with van der Waals surface area (Å²) in [6, 6.07) is 60.4. The van der Waals surface area contributed by atoms with Gasteiger partial charge in [-0.3, -0.25) is 0 Å². The number of aromatic nitrogens is 3. The van der Waals surface area contributed by atoms with E-state index in [4.69, 9.17) is 28.2 Å². The molecule has 4 aromatic heterocycles. The second kappa shape index (κ2) is 12.2. The van der Waals surface area contributed by atoms with Crippen LogP contribution in [0.4, 0.5) is 0 Å². The van der Waals surface area contributed by atoms with E-state index < -0.39 is 0 Å². The molecule has 0 aliphatic carbocycles. The van der Waals surface area contributed by atoms with E-state index in [0.717, 1.165) is 115 Å². The predicted molar refractivity (Wildman–Crippen MR) is 238 cm³/mol. The second-order valence-electron chi connectivity index (χ2n) is 15.1. The maximum atomic E-state index is 6.67. The number of furan rings is 3.